The van der Waals surface area contributed by atoms with Crippen molar-refractivity contribution in [2.45, 2.75) is 68.5 Å². The molecule has 4 fully saturated rings. The Morgan fingerprint density at radius 3 is 2.87 bits per heavy atom. The molecule has 4 saturated heterocycles. The van der Waals surface area contributed by atoms with Crippen molar-refractivity contribution in [2.24, 2.45) is 0 Å². The highest BCUT2D eigenvalue weighted by Crippen LogP contribution is 2.46. The number of aromatic nitrogens is 3. The third-order valence-electron chi connectivity index (χ3n) is 10.8. The second-order valence-electron chi connectivity index (χ2n) is 13.7. The van der Waals surface area contributed by atoms with Gasteiger partial charge in [0, 0.05) is 49.1 Å². The number of terminal acetylenes is 1. The molecule has 2 aromatic heterocycles. The lowest BCUT2D eigenvalue weighted by molar-refractivity contribution is 0.107. The Morgan fingerprint density at radius 1 is 1.15 bits per heavy atom. The van der Waals surface area contributed by atoms with Gasteiger partial charge in [0.1, 0.15) is 47.1 Å². The Hall–Kier alpha value is -4.40. The molecule has 0 spiro atoms. The van der Waals surface area contributed by atoms with Gasteiger partial charge in [-0.2, -0.15) is 9.97 Å². The van der Waals surface area contributed by atoms with Crippen molar-refractivity contribution >= 4 is 27.5 Å². The smallest absolute Gasteiger partial charge is 0.319 e. The molecular formula is C36H33F3N6O2. The number of halogens is 3. The summed E-state index contributed by atoms with van der Waals surface area (Å²) in [6.45, 7) is 7.87. The molecule has 5 aliphatic rings. The van der Waals surface area contributed by atoms with Crippen LogP contribution in [0.15, 0.2) is 42.5 Å². The highest BCUT2D eigenvalue weighted by molar-refractivity contribution is 6.03. The number of rotatable bonds is 4. The number of nitrogens with one attached hydrogen (secondary N) is 1. The Labute approximate surface area is 270 Å². The molecule has 1 N–H and O–H groups in total. The molecule has 0 amide bonds. The average molecular weight is 639 g/mol. The van der Waals surface area contributed by atoms with Crippen LogP contribution in [0, 0.1) is 24.0 Å². The van der Waals surface area contributed by atoms with Crippen molar-refractivity contribution in [2.75, 3.05) is 31.1 Å². The van der Waals surface area contributed by atoms with Crippen molar-refractivity contribution < 1.29 is 22.6 Å². The summed E-state index contributed by atoms with van der Waals surface area (Å²) in [5.74, 6) is 1.84. The van der Waals surface area contributed by atoms with Gasteiger partial charge < -0.3 is 19.7 Å². The first-order valence-electron chi connectivity index (χ1n) is 16.2. The van der Waals surface area contributed by atoms with Crippen LogP contribution in [0.25, 0.3) is 32.9 Å². The molecule has 4 aromatic rings. The number of anilines is 1. The lowest BCUT2D eigenvalue weighted by atomic mass is 9.93. The predicted molar refractivity (Wildman–Crippen MR) is 172 cm³/mol. The van der Waals surface area contributed by atoms with Crippen molar-refractivity contribution in [3.05, 3.63) is 59.7 Å². The van der Waals surface area contributed by atoms with E-state index in [2.05, 4.69) is 32.6 Å². The largest absolute Gasteiger partial charge is 0.472 e. The van der Waals surface area contributed by atoms with Crippen LogP contribution in [-0.2, 0) is 0 Å². The van der Waals surface area contributed by atoms with Gasteiger partial charge in [0.2, 0.25) is 5.88 Å². The number of hydrogen-bond donors (Lipinski definition) is 1. The number of hydrogen-bond acceptors (Lipinski definition) is 8. The lowest BCUT2D eigenvalue weighted by Crippen LogP contribution is -2.62. The quantitative estimate of drug-likeness (QED) is 0.238. The first kappa shape index (κ1) is 28.8. The molecule has 2 bridgehead atoms. The Bertz CT molecular complexity index is 2050. The molecule has 240 valence electrons. The van der Waals surface area contributed by atoms with Crippen LogP contribution in [0.2, 0.25) is 0 Å². The summed E-state index contributed by atoms with van der Waals surface area (Å²) in [6, 6.07) is 8.43. The zero-order valence-corrected chi connectivity index (χ0v) is 25.9. The molecule has 5 aliphatic heterocycles. The maximum Gasteiger partial charge on any atom is 0.319 e. The van der Waals surface area contributed by atoms with E-state index in [1.165, 1.54) is 6.07 Å². The van der Waals surface area contributed by atoms with Gasteiger partial charge in [0.25, 0.3) is 0 Å². The second-order valence-corrected chi connectivity index (χ2v) is 13.7. The molecule has 8 nitrogen and oxygen atoms in total. The van der Waals surface area contributed by atoms with Gasteiger partial charge in [-0.05, 0) is 37.6 Å². The summed E-state index contributed by atoms with van der Waals surface area (Å²) in [7, 11) is 0. The number of benzene rings is 2. The van der Waals surface area contributed by atoms with Gasteiger partial charge >= 0.3 is 6.01 Å². The molecule has 2 unspecified atom stereocenters. The SMILES string of the molecule is C#Cc1c(F)ccc2cccc(-c3nc4c5c(nc(OCC67CC(=C)CN6CC(F)C7)nc5c3F)N3C[C@H]5CC[C@H](N5)[C@H]3[C@H](C)O4)c12. The fraction of sp³-hybridized carbons (Fsp3) is 0.417. The van der Waals surface area contributed by atoms with Crippen molar-refractivity contribution in [1.82, 2.24) is 25.2 Å². The Kier molecular flexibility index (Phi) is 6.31. The maximum atomic E-state index is 17.1. The minimum atomic E-state index is -0.961. The first-order valence-corrected chi connectivity index (χ1v) is 16.2. The van der Waals surface area contributed by atoms with E-state index < -0.39 is 23.3 Å². The normalized spacial score (nSPS) is 29.5. The molecule has 9 rings (SSSR count). The van der Waals surface area contributed by atoms with Gasteiger partial charge in [-0.25, -0.2) is 18.2 Å². The van der Waals surface area contributed by atoms with Gasteiger partial charge in [-0.3, -0.25) is 4.90 Å². The number of fused-ring (bicyclic) bond motifs is 7. The number of nitrogens with zero attached hydrogens (tertiary/aromatic N) is 5. The first-order chi connectivity index (χ1) is 22.7. The summed E-state index contributed by atoms with van der Waals surface area (Å²) in [5.41, 5.74) is 0.751. The number of pyridine rings is 1. The van der Waals surface area contributed by atoms with Crippen molar-refractivity contribution in [1.29, 1.82) is 0 Å². The topological polar surface area (TPSA) is 75.6 Å². The molecular weight excluding hydrogens is 605 g/mol. The van der Waals surface area contributed by atoms with E-state index in [0.717, 1.165) is 18.4 Å². The van der Waals surface area contributed by atoms with Crippen LogP contribution in [-0.4, -0.2) is 82.0 Å². The van der Waals surface area contributed by atoms with E-state index >= 15 is 4.39 Å². The van der Waals surface area contributed by atoms with Crippen molar-refractivity contribution in [3.63, 3.8) is 0 Å². The molecule has 0 aliphatic carbocycles. The minimum Gasteiger partial charge on any atom is -0.472 e. The molecule has 0 saturated carbocycles. The molecule has 2 aromatic carbocycles. The van der Waals surface area contributed by atoms with E-state index in [-0.39, 0.29) is 59.5 Å². The summed E-state index contributed by atoms with van der Waals surface area (Å²) in [5, 5.41) is 5.09. The Balaban J connectivity index is 1.25. The van der Waals surface area contributed by atoms with E-state index in [1.807, 2.05) is 6.92 Å². The second kappa shape index (κ2) is 10.3. The third-order valence-corrected chi connectivity index (χ3v) is 10.8. The summed E-state index contributed by atoms with van der Waals surface area (Å²) in [6.07, 6.45) is 7.40. The van der Waals surface area contributed by atoms with Crippen LogP contribution in [0.5, 0.6) is 11.9 Å². The molecule has 11 heteroatoms. The van der Waals surface area contributed by atoms with Gasteiger partial charge in [0.05, 0.1) is 17.1 Å². The van der Waals surface area contributed by atoms with E-state index in [4.69, 9.17) is 25.9 Å². The number of ether oxygens (including phenoxy) is 2. The number of alkyl halides is 1. The highest BCUT2D eigenvalue weighted by Gasteiger charge is 2.51. The highest BCUT2D eigenvalue weighted by atomic mass is 19.1. The van der Waals surface area contributed by atoms with Gasteiger partial charge in [0.15, 0.2) is 5.82 Å². The van der Waals surface area contributed by atoms with Crippen LogP contribution >= 0.6 is 0 Å². The molecule has 7 heterocycles. The monoisotopic (exact) mass is 638 g/mol. The molecule has 47 heavy (non-hydrogen) atoms. The Morgan fingerprint density at radius 2 is 2.02 bits per heavy atom. The summed E-state index contributed by atoms with van der Waals surface area (Å²) in [4.78, 5) is 18.6. The zero-order valence-electron chi connectivity index (χ0n) is 25.9. The molecule has 6 atom stereocenters. The fourth-order valence-electron chi connectivity index (χ4n) is 8.87. The fourth-order valence-corrected chi connectivity index (χ4v) is 8.87. The van der Waals surface area contributed by atoms with Gasteiger partial charge in [-0.1, -0.05) is 42.3 Å². The van der Waals surface area contributed by atoms with Crippen LogP contribution in [0.4, 0.5) is 19.0 Å². The maximum absolute atomic E-state index is 17.1. The molecule has 0 radical (unpaired) electrons. The minimum absolute atomic E-state index is 0.00361. The van der Waals surface area contributed by atoms with E-state index in [0.29, 0.717) is 60.0 Å². The van der Waals surface area contributed by atoms with Gasteiger partial charge in [-0.15, -0.1) is 6.42 Å². The van der Waals surface area contributed by atoms with Crippen LogP contribution < -0.4 is 19.7 Å². The van der Waals surface area contributed by atoms with Crippen molar-refractivity contribution in [3.8, 4) is 35.5 Å². The van der Waals surface area contributed by atoms with E-state index in [9.17, 15) is 8.78 Å². The van der Waals surface area contributed by atoms with E-state index in [1.54, 1.807) is 24.3 Å². The predicted octanol–water partition coefficient (Wildman–Crippen LogP) is 5.32. The van der Waals surface area contributed by atoms with Crippen LogP contribution in [0.1, 0.15) is 38.2 Å². The zero-order chi connectivity index (χ0) is 32.2. The third kappa shape index (κ3) is 4.27. The number of piperazine rings is 1. The lowest BCUT2D eigenvalue weighted by Gasteiger charge is -2.42. The van der Waals surface area contributed by atoms with Crippen LogP contribution in [0.3, 0.4) is 0 Å². The average Bonchev–Trinajstić information content (AvgIpc) is 3.65. The standard InChI is InChI=1S/C36H33F3N6O2/c1-4-23-25(38)10-8-20-6-5-7-24(27(20)23)30-29(39)31-28-33(45-16-22-9-11-26(40-22)32(45)19(3)47-34(28)41-30)43-35(42-31)46-17-36-12-18(2)14-44(36)15-21(37)13-36/h1,5-8,10,19,21-22,26,32,40H,2,9,11-17H2,3H3/t19-,21?,22+,26-,32+,36?/m0/s1. The summed E-state index contributed by atoms with van der Waals surface area (Å²) < 4.78 is 59.6. The summed E-state index contributed by atoms with van der Waals surface area (Å²) >= 11 is 0.